The quantitative estimate of drug-likeness (QED) is 0.782. The van der Waals surface area contributed by atoms with E-state index in [2.05, 4.69) is 5.10 Å². The summed E-state index contributed by atoms with van der Waals surface area (Å²) in [7, 11) is 1.52. The number of phenols is 1. The summed E-state index contributed by atoms with van der Waals surface area (Å²) in [5.74, 6) is 0.571. The number of methoxy groups -OCH3 is 1. The van der Waals surface area contributed by atoms with Gasteiger partial charge in [-0.05, 0) is 18.2 Å². The Morgan fingerprint density at radius 3 is 2.93 bits per heavy atom. The van der Waals surface area contributed by atoms with Crippen molar-refractivity contribution in [3.63, 3.8) is 0 Å². The lowest BCUT2D eigenvalue weighted by Crippen LogP contribution is -1.94. The Kier molecular flexibility index (Phi) is 2.10. The van der Waals surface area contributed by atoms with E-state index < -0.39 is 0 Å². The van der Waals surface area contributed by atoms with E-state index in [1.807, 2.05) is 12.3 Å². The number of nitrogens with zero attached hydrogens (tertiary/aromatic N) is 2. The monoisotopic (exact) mass is 190 g/mol. The zero-order valence-electron chi connectivity index (χ0n) is 7.71. The van der Waals surface area contributed by atoms with Gasteiger partial charge in [-0.25, -0.2) is 4.68 Å². The van der Waals surface area contributed by atoms with Gasteiger partial charge in [0.1, 0.15) is 0 Å². The first-order valence-electron chi connectivity index (χ1n) is 4.18. The van der Waals surface area contributed by atoms with Crippen LogP contribution in [0.25, 0.3) is 5.69 Å². The van der Waals surface area contributed by atoms with Crippen molar-refractivity contribution in [2.24, 2.45) is 0 Å². The van der Waals surface area contributed by atoms with Gasteiger partial charge in [0.05, 0.1) is 12.8 Å². The fraction of sp³-hybridized carbons (Fsp3) is 0.100. The van der Waals surface area contributed by atoms with Crippen molar-refractivity contribution < 1.29 is 9.84 Å². The first-order chi connectivity index (χ1) is 6.81. The molecule has 1 heterocycles. The van der Waals surface area contributed by atoms with Crippen molar-refractivity contribution in [3.05, 3.63) is 36.7 Å². The van der Waals surface area contributed by atoms with Crippen LogP contribution in [0.15, 0.2) is 36.7 Å². The van der Waals surface area contributed by atoms with Gasteiger partial charge in [0, 0.05) is 18.5 Å². The fourth-order valence-electron chi connectivity index (χ4n) is 1.23. The number of rotatable bonds is 2. The lowest BCUT2D eigenvalue weighted by molar-refractivity contribution is 0.373. The number of aromatic nitrogens is 2. The standard InChI is InChI=1S/C10H10N2O2/c1-14-10-7-8(3-4-9(10)13)12-6-2-5-11-12/h2-7,13H,1H3. The maximum atomic E-state index is 9.38. The molecule has 4 heteroatoms. The third-order valence-electron chi connectivity index (χ3n) is 1.93. The zero-order chi connectivity index (χ0) is 9.97. The maximum Gasteiger partial charge on any atom is 0.162 e. The minimum atomic E-state index is 0.128. The normalized spacial score (nSPS) is 10.1. The smallest absolute Gasteiger partial charge is 0.162 e. The maximum absolute atomic E-state index is 9.38. The van der Waals surface area contributed by atoms with Gasteiger partial charge in [0.25, 0.3) is 0 Å². The number of benzene rings is 1. The highest BCUT2D eigenvalue weighted by molar-refractivity contribution is 5.47. The Bertz CT molecular complexity index is 424. The third-order valence-corrected chi connectivity index (χ3v) is 1.93. The molecule has 4 nitrogen and oxygen atoms in total. The molecule has 0 aliphatic carbocycles. The highest BCUT2D eigenvalue weighted by atomic mass is 16.5. The van der Waals surface area contributed by atoms with Crippen LogP contribution in [-0.2, 0) is 0 Å². The van der Waals surface area contributed by atoms with Gasteiger partial charge < -0.3 is 9.84 Å². The van der Waals surface area contributed by atoms with Gasteiger partial charge in [-0.1, -0.05) is 0 Å². The van der Waals surface area contributed by atoms with Gasteiger partial charge in [-0.3, -0.25) is 0 Å². The van der Waals surface area contributed by atoms with Gasteiger partial charge >= 0.3 is 0 Å². The lowest BCUT2D eigenvalue weighted by Gasteiger charge is -2.06. The highest BCUT2D eigenvalue weighted by Crippen LogP contribution is 2.27. The number of phenolic OH excluding ortho intramolecular Hbond substituents is 1. The second-order valence-corrected chi connectivity index (χ2v) is 2.81. The Morgan fingerprint density at radius 1 is 1.43 bits per heavy atom. The molecule has 0 aliphatic heterocycles. The van der Waals surface area contributed by atoms with E-state index in [1.165, 1.54) is 7.11 Å². The molecule has 2 aromatic rings. The van der Waals surface area contributed by atoms with Crippen LogP contribution in [0, 0.1) is 0 Å². The molecule has 0 unspecified atom stereocenters. The molecule has 2 rings (SSSR count). The Balaban J connectivity index is 2.46. The lowest BCUT2D eigenvalue weighted by atomic mass is 10.3. The molecule has 1 aromatic heterocycles. The van der Waals surface area contributed by atoms with Crippen LogP contribution in [0.5, 0.6) is 11.5 Å². The molecule has 1 N–H and O–H groups in total. The first-order valence-corrected chi connectivity index (χ1v) is 4.18. The van der Waals surface area contributed by atoms with Crippen LogP contribution in [0.4, 0.5) is 0 Å². The van der Waals surface area contributed by atoms with E-state index in [0.717, 1.165) is 5.69 Å². The minimum absolute atomic E-state index is 0.128. The molecule has 1 aromatic carbocycles. The SMILES string of the molecule is COc1cc(-n2cccn2)ccc1O. The molecule has 0 atom stereocenters. The zero-order valence-corrected chi connectivity index (χ0v) is 7.71. The van der Waals surface area contributed by atoms with Crippen LogP contribution < -0.4 is 4.74 Å². The molecule has 14 heavy (non-hydrogen) atoms. The second kappa shape index (κ2) is 3.41. The molecule has 0 bridgehead atoms. The number of ether oxygens (including phenoxy) is 1. The highest BCUT2D eigenvalue weighted by Gasteiger charge is 2.03. The van der Waals surface area contributed by atoms with E-state index in [9.17, 15) is 5.11 Å². The fourth-order valence-corrected chi connectivity index (χ4v) is 1.23. The van der Waals surface area contributed by atoms with Gasteiger partial charge in [0.15, 0.2) is 11.5 Å². The molecule has 72 valence electrons. The van der Waals surface area contributed by atoms with E-state index >= 15 is 0 Å². The van der Waals surface area contributed by atoms with Crippen molar-refractivity contribution in [1.29, 1.82) is 0 Å². The van der Waals surface area contributed by atoms with Crippen LogP contribution in [0.3, 0.4) is 0 Å². The van der Waals surface area contributed by atoms with Gasteiger partial charge in [-0.2, -0.15) is 5.10 Å². The molecular weight excluding hydrogens is 180 g/mol. The molecule has 0 saturated heterocycles. The summed E-state index contributed by atoms with van der Waals surface area (Å²) >= 11 is 0. The van der Waals surface area contributed by atoms with Crippen molar-refractivity contribution in [1.82, 2.24) is 9.78 Å². The summed E-state index contributed by atoms with van der Waals surface area (Å²) in [4.78, 5) is 0. The van der Waals surface area contributed by atoms with Crippen LogP contribution in [0.1, 0.15) is 0 Å². The minimum Gasteiger partial charge on any atom is -0.504 e. The molecule has 0 aliphatic rings. The third kappa shape index (κ3) is 1.42. The summed E-state index contributed by atoms with van der Waals surface area (Å²) in [5.41, 5.74) is 0.852. The topological polar surface area (TPSA) is 47.3 Å². The van der Waals surface area contributed by atoms with Crippen LogP contribution in [-0.4, -0.2) is 22.0 Å². The molecular formula is C10H10N2O2. The number of hydrogen-bond donors (Lipinski definition) is 1. The first kappa shape index (κ1) is 8.62. The average molecular weight is 190 g/mol. The predicted molar refractivity (Wildman–Crippen MR) is 51.8 cm³/mol. The Hall–Kier alpha value is -1.97. The van der Waals surface area contributed by atoms with E-state index in [-0.39, 0.29) is 5.75 Å². The Morgan fingerprint density at radius 2 is 2.29 bits per heavy atom. The molecule has 0 amide bonds. The number of aromatic hydroxyl groups is 1. The molecule has 0 fully saturated rings. The number of hydrogen-bond acceptors (Lipinski definition) is 3. The van der Waals surface area contributed by atoms with Crippen molar-refractivity contribution in [2.75, 3.05) is 7.11 Å². The van der Waals surface area contributed by atoms with E-state index in [1.54, 1.807) is 29.1 Å². The van der Waals surface area contributed by atoms with Crippen molar-refractivity contribution in [2.45, 2.75) is 0 Å². The van der Waals surface area contributed by atoms with Crippen molar-refractivity contribution >= 4 is 0 Å². The molecule has 0 spiro atoms. The Labute approximate surface area is 81.4 Å². The van der Waals surface area contributed by atoms with Crippen LogP contribution in [0.2, 0.25) is 0 Å². The van der Waals surface area contributed by atoms with E-state index in [0.29, 0.717) is 5.75 Å². The summed E-state index contributed by atoms with van der Waals surface area (Å²) in [5, 5.41) is 13.4. The summed E-state index contributed by atoms with van der Waals surface area (Å²) in [6.45, 7) is 0. The summed E-state index contributed by atoms with van der Waals surface area (Å²) in [6, 6.07) is 6.91. The van der Waals surface area contributed by atoms with Crippen molar-refractivity contribution in [3.8, 4) is 17.2 Å². The van der Waals surface area contributed by atoms with Crippen LogP contribution >= 0.6 is 0 Å². The van der Waals surface area contributed by atoms with Gasteiger partial charge in [0.2, 0.25) is 0 Å². The largest absolute Gasteiger partial charge is 0.504 e. The average Bonchev–Trinajstić information content (AvgIpc) is 2.71. The molecule has 0 radical (unpaired) electrons. The summed E-state index contributed by atoms with van der Waals surface area (Å²) < 4.78 is 6.69. The second-order valence-electron chi connectivity index (χ2n) is 2.81. The van der Waals surface area contributed by atoms with Gasteiger partial charge in [-0.15, -0.1) is 0 Å². The predicted octanol–water partition coefficient (Wildman–Crippen LogP) is 1.59. The summed E-state index contributed by atoms with van der Waals surface area (Å²) in [6.07, 6.45) is 3.52. The van der Waals surface area contributed by atoms with E-state index in [4.69, 9.17) is 4.74 Å². The molecule has 0 saturated carbocycles.